The lowest BCUT2D eigenvalue weighted by molar-refractivity contribution is -0.274. The fourth-order valence-corrected chi connectivity index (χ4v) is 6.47. The average Bonchev–Trinajstić information content (AvgIpc) is 3.36. The minimum atomic E-state index is -4.76. The largest absolute Gasteiger partial charge is 0.573 e. The van der Waals surface area contributed by atoms with Crippen molar-refractivity contribution < 1.29 is 22.7 Å². The summed E-state index contributed by atoms with van der Waals surface area (Å²) in [7, 11) is 0. The molecular weight excluding hydrogens is 495 g/mol. The highest BCUT2D eigenvalue weighted by Crippen LogP contribution is 2.66. The number of aromatic nitrogens is 3. The molecule has 7 nitrogen and oxygen atoms in total. The van der Waals surface area contributed by atoms with Crippen LogP contribution < -0.4 is 10.1 Å². The van der Waals surface area contributed by atoms with Crippen molar-refractivity contribution in [3.05, 3.63) is 42.9 Å². The van der Waals surface area contributed by atoms with Crippen LogP contribution in [0, 0.1) is 23.2 Å². The van der Waals surface area contributed by atoms with Gasteiger partial charge >= 0.3 is 6.36 Å². The van der Waals surface area contributed by atoms with Gasteiger partial charge in [-0.3, -0.25) is 14.2 Å². The number of amides is 1. The molecule has 10 heteroatoms. The number of halogens is 3. The third-order valence-electron chi connectivity index (χ3n) is 8.65. The number of alkyl halides is 3. The van der Waals surface area contributed by atoms with Crippen molar-refractivity contribution in [1.29, 1.82) is 0 Å². The second kappa shape index (κ2) is 9.78. The molecule has 204 valence electrons. The number of imidazole rings is 1. The van der Waals surface area contributed by atoms with E-state index in [0.29, 0.717) is 40.0 Å². The quantitative estimate of drug-likeness (QED) is 0.406. The smallest absolute Gasteiger partial charge is 0.406 e. The van der Waals surface area contributed by atoms with Gasteiger partial charge in [0.05, 0.1) is 6.20 Å². The van der Waals surface area contributed by atoms with Crippen LogP contribution in [-0.2, 0) is 4.79 Å². The van der Waals surface area contributed by atoms with Crippen LogP contribution >= 0.6 is 0 Å². The Balaban J connectivity index is 1.34. The maximum absolute atomic E-state index is 13.5. The maximum atomic E-state index is 13.5. The van der Waals surface area contributed by atoms with Crippen molar-refractivity contribution >= 4 is 17.4 Å². The van der Waals surface area contributed by atoms with Gasteiger partial charge in [0.2, 0.25) is 5.91 Å². The summed E-state index contributed by atoms with van der Waals surface area (Å²) in [5, 5.41) is 3.34. The number of fused-ring (bicyclic) bond motifs is 2. The lowest BCUT2D eigenvalue weighted by Crippen LogP contribution is -2.42. The predicted molar refractivity (Wildman–Crippen MR) is 139 cm³/mol. The molecule has 38 heavy (non-hydrogen) atoms. The molecule has 0 radical (unpaired) electrons. The van der Waals surface area contributed by atoms with Crippen molar-refractivity contribution in [2.75, 3.05) is 18.4 Å². The lowest BCUT2D eigenvalue weighted by Gasteiger charge is -2.27. The summed E-state index contributed by atoms with van der Waals surface area (Å²) < 4.78 is 43.6. The number of carbonyl (C=O) groups excluding carboxylic acids is 1. The van der Waals surface area contributed by atoms with Crippen molar-refractivity contribution in [3.63, 3.8) is 0 Å². The van der Waals surface area contributed by atoms with E-state index in [9.17, 15) is 18.0 Å². The minimum Gasteiger partial charge on any atom is -0.406 e. The van der Waals surface area contributed by atoms with E-state index in [1.807, 2.05) is 11.8 Å². The van der Waals surface area contributed by atoms with Crippen LogP contribution in [0.4, 0.5) is 19.0 Å². The highest BCUT2D eigenvalue weighted by atomic mass is 19.4. The van der Waals surface area contributed by atoms with Gasteiger partial charge < -0.3 is 15.0 Å². The first-order valence-electron chi connectivity index (χ1n) is 13.3. The van der Waals surface area contributed by atoms with Crippen LogP contribution in [0.1, 0.15) is 47.0 Å². The molecule has 2 fully saturated rings. The minimum absolute atomic E-state index is 0.0267. The first-order chi connectivity index (χ1) is 18.0. The number of nitrogens with zero attached hydrogens (tertiary/aromatic N) is 4. The Morgan fingerprint density at radius 1 is 1.24 bits per heavy atom. The standard InChI is InChI=1S/C28H34F3N5O2/c1-5-17(2)23-21-10-13-35(14-11-27(21,23)4)26(37)18(3)33-25-24(34-22-16-32-12-15-36(22)25)19-6-8-20(9-7-19)38-28(29,30)31/h6-9,12,15-18,21,23,33H,5,10-11,13-14H2,1-4H3. The topological polar surface area (TPSA) is 71.8 Å². The molecule has 0 spiro atoms. The zero-order chi connectivity index (χ0) is 27.2. The monoisotopic (exact) mass is 529 g/mol. The number of rotatable bonds is 7. The number of likely N-dealkylation sites (tertiary alicyclic amines) is 1. The van der Waals surface area contributed by atoms with Crippen LogP contribution in [0.2, 0.25) is 0 Å². The molecule has 2 aromatic heterocycles. The SMILES string of the molecule is CCC(C)C1C2CCN(C(=O)C(C)Nc3c(-c4ccc(OC(F)(F)F)cc4)nc4cnccn34)CCC21C. The predicted octanol–water partition coefficient (Wildman–Crippen LogP) is 6.02. The molecule has 5 atom stereocenters. The number of hydrogen-bond donors (Lipinski definition) is 1. The van der Waals surface area contributed by atoms with E-state index in [1.165, 1.54) is 30.7 Å². The Hall–Kier alpha value is -3.30. The molecule has 2 aliphatic rings. The molecule has 3 aromatic rings. The van der Waals surface area contributed by atoms with Gasteiger partial charge in [-0.15, -0.1) is 13.2 Å². The van der Waals surface area contributed by atoms with Gasteiger partial charge in [0, 0.05) is 31.0 Å². The zero-order valence-corrected chi connectivity index (χ0v) is 22.1. The van der Waals surface area contributed by atoms with E-state index in [-0.39, 0.29) is 11.7 Å². The van der Waals surface area contributed by atoms with Crippen LogP contribution in [0.25, 0.3) is 16.9 Å². The van der Waals surface area contributed by atoms with Gasteiger partial charge in [0.25, 0.3) is 0 Å². The molecule has 5 rings (SSSR count). The Bertz CT molecular complexity index is 1310. The molecule has 1 aromatic carbocycles. The molecule has 1 saturated carbocycles. The zero-order valence-electron chi connectivity index (χ0n) is 22.1. The third-order valence-corrected chi connectivity index (χ3v) is 8.65. The number of nitrogens with one attached hydrogen (secondary N) is 1. The lowest BCUT2D eigenvalue weighted by atomic mass is 9.93. The van der Waals surface area contributed by atoms with Crippen molar-refractivity contribution in [2.45, 2.75) is 59.4 Å². The molecule has 0 bridgehead atoms. The van der Waals surface area contributed by atoms with Crippen LogP contribution in [0.15, 0.2) is 42.9 Å². The number of carbonyl (C=O) groups is 1. The molecule has 1 N–H and O–H groups in total. The highest BCUT2D eigenvalue weighted by Gasteiger charge is 2.62. The average molecular weight is 530 g/mol. The summed E-state index contributed by atoms with van der Waals surface area (Å²) >= 11 is 0. The van der Waals surface area contributed by atoms with Gasteiger partial charge in [-0.2, -0.15) is 0 Å². The second-order valence-electron chi connectivity index (χ2n) is 10.9. The fraction of sp³-hybridized carbons (Fsp3) is 0.536. The van der Waals surface area contributed by atoms with Crippen LogP contribution in [0.5, 0.6) is 5.75 Å². The second-order valence-corrected chi connectivity index (χ2v) is 10.9. The Kier molecular flexibility index (Phi) is 6.77. The van der Waals surface area contributed by atoms with Crippen molar-refractivity contribution in [1.82, 2.24) is 19.3 Å². The molecule has 1 saturated heterocycles. The van der Waals surface area contributed by atoms with Crippen molar-refractivity contribution in [2.24, 2.45) is 23.2 Å². The van der Waals surface area contributed by atoms with E-state index in [2.05, 4.69) is 40.8 Å². The summed E-state index contributed by atoms with van der Waals surface area (Å²) in [5.74, 6) is 2.44. The van der Waals surface area contributed by atoms with E-state index < -0.39 is 12.4 Å². The number of hydrogen-bond acceptors (Lipinski definition) is 5. The van der Waals surface area contributed by atoms with Gasteiger partial charge in [-0.25, -0.2) is 4.98 Å². The number of benzene rings is 1. The van der Waals surface area contributed by atoms with Crippen LogP contribution in [-0.4, -0.2) is 50.7 Å². The Morgan fingerprint density at radius 3 is 2.66 bits per heavy atom. The first kappa shape index (κ1) is 26.3. The molecule has 1 aliphatic carbocycles. The Labute approximate surface area is 220 Å². The van der Waals surface area contributed by atoms with E-state index in [4.69, 9.17) is 0 Å². The van der Waals surface area contributed by atoms with Gasteiger partial charge in [-0.1, -0.05) is 27.2 Å². The van der Waals surface area contributed by atoms with E-state index in [1.54, 1.807) is 23.0 Å². The van der Waals surface area contributed by atoms with Gasteiger partial charge in [0.15, 0.2) is 5.65 Å². The third kappa shape index (κ3) is 4.92. The van der Waals surface area contributed by atoms with Gasteiger partial charge in [0.1, 0.15) is 23.3 Å². The summed E-state index contributed by atoms with van der Waals surface area (Å²) in [5.41, 5.74) is 1.98. The maximum Gasteiger partial charge on any atom is 0.573 e. The molecule has 1 aliphatic heterocycles. The Morgan fingerprint density at radius 2 is 1.97 bits per heavy atom. The molecular formula is C28H34F3N5O2. The molecule has 3 heterocycles. The summed E-state index contributed by atoms with van der Waals surface area (Å²) in [6.45, 7) is 10.3. The summed E-state index contributed by atoms with van der Waals surface area (Å²) in [4.78, 5) is 24.3. The normalized spacial score (nSPS) is 24.9. The summed E-state index contributed by atoms with van der Waals surface area (Å²) in [6, 6.07) is 5.01. The van der Waals surface area contributed by atoms with Gasteiger partial charge in [-0.05, 0) is 67.2 Å². The van der Waals surface area contributed by atoms with E-state index >= 15 is 0 Å². The number of ether oxygens (including phenoxy) is 1. The van der Waals surface area contributed by atoms with E-state index in [0.717, 1.165) is 31.8 Å². The highest BCUT2D eigenvalue weighted by molar-refractivity contribution is 5.86. The van der Waals surface area contributed by atoms with Crippen molar-refractivity contribution in [3.8, 4) is 17.0 Å². The number of anilines is 1. The molecule has 5 unspecified atom stereocenters. The molecule has 1 amide bonds. The fourth-order valence-electron chi connectivity index (χ4n) is 6.47. The first-order valence-corrected chi connectivity index (χ1v) is 13.3. The van der Waals surface area contributed by atoms with Crippen LogP contribution in [0.3, 0.4) is 0 Å². The summed E-state index contributed by atoms with van der Waals surface area (Å²) in [6.07, 6.45) is 3.42.